The summed E-state index contributed by atoms with van der Waals surface area (Å²) in [6.07, 6.45) is 24.5. The highest BCUT2D eigenvalue weighted by molar-refractivity contribution is 5.70. The summed E-state index contributed by atoms with van der Waals surface area (Å²) in [5, 5.41) is 9.56. The fraction of sp³-hybridized carbons (Fsp3) is 0.896. The van der Waals surface area contributed by atoms with Crippen LogP contribution in [0, 0.1) is 11.8 Å². The summed E-state index contributed by atoms with van der Waals surface area (Å²) in [6, 6.07) is 0.362. The van der Waals surface area contributed by atoms with E-state index in [1.165, 1.54) is 25.7 Å². The first-order valence-electron chi connectivity index (χ1n) is 24.5. The van der Waals surface area contributed by atoms with Gasteiger partial charge in [0, 0.05) is 50.7 Å². The molecule has 1 atom stereocenters. The monoisotopic (exact) mass is 870 g/mol. The maximum atomic E-state index is 12.9. The maximum absolute atomic E-state index is 12.9. The third-order valence-electron chi connectivity index (χ3n) is 11.4. The lowest BCUT2D eigenvalue weighted by Gasteiger charge is -2.33. The van der Waals surface area contributed by atoms with E-state index in [-0.39, 0.29) is 82.9 Å². The number of aliphatic hydroxyl groups is 1. The van der Waals surface area contributed by atoms with Gasteiger partial charge in [0.05, 0.1) is 25.7 Å². The average Bonchev–Trinajstić information content (AvgIpc) is 3.26. The van der Waals surface area contributed by atoms with Crippen LogP contribution in [0.4, 0.5) is 4.79 Å². The van der Waals surface area contributed by atoms with Gasteiger partial charge in [0.25, 0.3) is 0 Å². The molecule has 1 N–H and O–H groups in total. The lowest BCUT2D eigenvalue weighted by Crippen LogP contribution is -2.41. The van der Waals surface area contributed by atoms with E-state index in [4.69, 9.17) is 28.4 Å². The molecular weight excluding hydrogens is 783 g/mol. The van der Waals surface area contributed by atoms with Crippen molar-refractivity contribution in [3.8, 4) is 0 Å². The van der Waals surface area contributed by atoms with Crippen LogP contribution in [-0.4, -0.2) is 105 Å². The summed E-state index contributed by atoms with van der Waals surface area (Å²) in [4.78, 5) is 65.2. The number of rotatable bonds is 40. The first-order valence-corrected chi connectivity index (χ1v) is 24.5. The lowest BCUT2D eigenvalue weighted by atomic mass is 9.94. The van der Waals surface area contributed by atoms with Crippen molar-refractivity contribution in [1.29, 1.82) is 0 Å². The van der Waals surface area contributed by atoms with E-state index in [2.05, 4.69) is 25.7 Å². The van der Waals surface area contributed by atoms with E-state index in [1.807, 2.05) is 0 Å². The summed E-state index contributed by atoms with van der Waals surface area (Å²) in [6.45, 7) is 7.44. The minimum absolute atomic E-state index is 0.0308. The Balaban J connectivity index is 2.69. The van der Waals surface area contributed by atoms with Crippen LogP contribution in [0.2, 0.25) is 0 Å². The first-order chi connectivity index (χ1) is 29.7. The number of carbonyl (C=O) groups is 5. The molecule has 0 aromatic heterocycles. The minimum atomic E-state index is -0.862. The molecule has 1 aliphatic rings. The Morgan fingerprint density at radius 1 is 0.475 bits per heavy atom. The molecular formula is C48H87NO12. The smallest absolute Gasteiger partial charge is 0.465 e. The average molecular weight is 870 g/mol. The zero-order valence-corrected chi connectivity index (χ0v) is 38.8. The molecule has 13 heteroatoms. The number of carbonyl (C=O) groups excluding carboxylic acids is 5. The van der Waals surface area contributed by atoms with Crippen LogP contribution in [0.5, 0.6) is 0 Å². The Kier molecular flexibility index (Phi) is 36.7. The predicted octanol–water partition coefficient (Wildman–Crippen LogP) is 10.2. The zero-order valence-electron chi connectivity index (χ0n) is 38.8. The van der Waals surface area contributed by atoms with Crippen LogP contribution in [0.3, 0.4) is 0 Å². The molecule has 13 nitrogen and oxygen atoms in total. The van der Waals surface area contributed by atoms with Gasteiger partial charge in [-0.3, -0.25) is 24.1 Å². The maximum Gasteiger partial charge on any atom is 0.508 e. The molecule has 356 valence electrons. The van der Waals surface area contributed by atoms with E-state index in [0.717, 1.165) is 116 Å². The third-order valence-corrected chi connectivity index (χ3v) is 11.4. The Morgan fingerprint density at radius 3 is 1.31 bits per heavy atom. The standard InChI is InChI=1S/C48H87NO12/c1-4-7-10-13-14-17-23-30-46(53)59-38-42(40-61-48(55)56-35-33-49(32-34-50)43-26-19-18-20-27-43)39-60-47(54)31-24-25-41(36-57-44(51)28-21-15-11-8-5-2)37-58-45(52)29-22-16-12-9-6-3/h41-43,50H,4-40H2,1-3H3. The lowest BCUT2D eigenvalue weighted by molar-refractivity contribution is -0.152. The molecule has 0 amide bonds. The van der Waals surface area contributed by atoms with Gasteiger partial charge in [-0.2, -0.15) is 0 Å². The first kappa shape index (κ1) is 56.1. The van der Waals surface area contributed by atoms with Gasteiger partial charge in [-0.05, 0) is 44.9 Å². The Labute approximate surface area is 369 Å². The fourth-order valence-electron chi connectivity index (χ4n) is 7.52. The highest BCUT2D eigenvalue weighted by atomic mass is 16.7. The third kappa shape index (κ3) is 33.3. The van der Waals surface area contributed by atoms with Crippen molar-refractivity contribution in [2.75, 3.05) is 59.3 Å². The zero-order chi connectivity index (χ0) is 44.6. The van der Waals surface area contributed by atoms with Gasteiger partial charge >= 0.3 is 30.0 Å². The van der Waals surface area contributed by atoms with Crippen molar-refractivity contribution in [3.63, 3.8) is 0 Å². The van der Waals surface area contributed by atoms with Crippen molar-refractivity contribution in [1.82, 2.24) is 4.90 Å². The number of nitrogens with zero attached hydrogens (tertiary/aromatic N) is 1. The predicted molar refractivity (Wildman–Crippen MR) is 237 cm³/mol. The van der Waals surface area contributed by atoms with Crippen LogP contribution in [0.1, 0.15) is 201 Å². The molecule has 1 rings (SSSR count). The minimum Gasteiger partial charge on any atom is -0.465 e. The Morgan fingerprint density at radius 2 is 0.869 bits per heavy atom. The molecule has 1 aliphatic carbocycles. The van der Waals surface area contributed by atoms with E-state index in [1.54, 1.807) is 0 Å². The molecule has 0 aliphatic heterocycles. The van der Waals surface area contributed by atoms with Crippen molar-refractivity contribution >= 4 is 30.0 Å². The molecule has 0 radical (unpaired) electrons. The molecule has 61 heavy (non-hydrogen) atoms. The molecule has 1 unspecified atom stereocenters. The second-order valence-corrected chi connectivity index (χ2v) is 17.0. The summed E-state index contributed by atoms with van der Waals surface area (Å²) in [5.74, 6) is -2.22. The molecule has 0 bridgehead atoms. The largest absolute Gasteiger partial charge is 0.508 e. The second-order valence-electron chi connectivity index (χ2n) is 17.0. The topological polar surface area (TPSA) is 164 Å². The van der Waals surface area contributed by atoms with Crippen molar-refractivity contribution in [3.05, 3.63) is 0 Å². The van der Waals surface area contributed by atoms with Crippen LogP contribution >= 0.6 is 0 Å². The SMILES string of the molecule is CCCCCCCCCC(=O)OCC(COC(=O)CCCC(COC(=O)CCCCCCC)COC(=O)CCCCCCC)COC(=O)OCCN(CCO)C1CCCCC1. The molecule has 0 aromatic rings. The van der Waals surface area contributed by atoms with Gasteiger partial charge in [0.2, 0.25) is 0 Å². The van der Waals surface area contributed by atoms with Gasteiger partial charge in [-0.25, -0.2) is 4.79 Å². The highest BCUT2D eigenvalue weighted by Gasteiger charge is 2.23. The summed E-state index contributed by atoms with van der Waals surface area (Å²) in [7, 11) is 0. The molecule has 0 saturated heterocycles. The number of esters is 4. The Bertz CT molecular complexity index is 1080. The van der Waals surface area contributed by atoms with Gasteiger partial charge in [-0.15, -0.1) is 0 Å². The van der Waals surface area contributed by atoms with Gasteiger partial charge in [0.15, 0.2) is 0 Å². The van der Waals surface area contributed by atoms with E-state index < -0.39 is 18.0 Å². The second kappa shape index (κ2) is 39.9. The molecule has 0 spiro atoms. The van der Waals surface area contributed by atoms with E-state index in [9.17, 15) is 29.1 Å². The van der Waals surface area contributed by atoms with Crippen LogP contribution in [0.25, 0.3) is 0 Å². The van der Waals surface area contributed by atoms with Crippen LogP contribution in [-0.2, 0) is 47.6 Å². The molecule has 0 aromatic carbocycles. The van der Waals surface area contributed by atoms with Crippen LogP contribution in [0.15, 0.2) is 0 Å². The number of unbranched alkanes of at least 4 members (excludes halogenated alkanes) is 14. The highest BCUT2D eigenvalue weighted by Crippen LogP contribution is 2.22. The van der Waals surface area contributed by atoms with Crippen molar-refractivity contribution < 1.29 is 57.5 Å². The molecule has 1 fully saturated rings. The number of aliphatic hydroxyl groups excluding tert-OH is 1. The molecule has 1 saturated carbocycles. The summed E-state index contributed by atoms with van der Waals surface area (Å²) >= 11 is 0. The Hall–Kier alpha value is -2.93. The van der Waals surface area contributed by atoms with Crippen LogP contribution < -0.4 is 0 Å². The fourth-order valence-corrected chi connectivity index (χ4v) is 7.52. The van der Waals surface area contributed by atoms with Gasteiger partial charge < -0.3 is 33.5 Å². The van der Waals surface area contributed by atoms with E-state index in [0.29, 0.717) is 44.8 Å². The quantitative estimate of drug-likeness (QED) is 0.0352. The normalized spacial score (nSPS) is 13.5. The number of hydrogen-bond donors (Lipinski definition) is 1. The van der Waals surface area contributed by atoms with Crippen molar-refractivity contribution in [2.24, 2.45) is 11.8 Å². The van der Waals surface area contributed by atoms with Gasteiger partial charge in [-0.1, -0.05) is 130 Å². The molecule has 0 heterocycles. The number of hydrogen-bond acceptors (Lipinski definition) is 13. The van der Waals surface area contributed by atoms with Crippen molar-refractivity contribution in [2.45, 2.75) is 207 Å². The van der Waals surface area contributed by atoms with E-state index >= 15 is 0 Å². The summed E-state index contributed by atoms with van der Waals surface area (Å²) in [5.41, 5.74) is 0. The number of ether oxygens (including phenoxy) is 6. The van der Waals surface area contributed by atoms with Gasteiger partial charge in [0.1, 0.15) is 26.4 Å². The summed E-state index contributed by atoms with van der Waals surface area (Å²) < 4.78 is 33.0.